The first-order chi connectivity index (χ1) is 11.5. The number of Topliss-reactive ketones (excluding diaryl/α,β-unsaturated/α-hetero) is 1. The molecule has 0 saturated carbocycles. The van der Waals surface area contributed by atoms with Crippen molar-refractivity contribution in [3.05, 3.63) is 70.7 Å². The van der Waals surface area contributed by atoms with Crippen LogP contribution in [0.2, 0.25) is 0 Å². The molecule has 122 valence electrons. The largest absolute Gasteiger partial charge is 0.345 e. The second-order valence-corrected chi connectivity index (χ2v) is 5.66. The van der Waals surface area contributed by atoms with E-state index in [0.29, 0.717) is 23.1 Å². The Kier molecular flexibility index (Phi) is 4.12. The number of hydrogen-bond acceptors (Lipinski definition) is 4. The number of ketones is 1. The van der Waals surface area contributed by atoms with Crippen LogP contribution in [0.15, 0.2) is 48.2 Å². The predicted molar refractivity (Wildman–Crippen MR) is 92.2 cm³/mol. The predicted octanol–water partition coefficient (Wildman–Crippen LogP) is 2.28. The number of carbonyl (C=O) groups excluding carboxylic acids is 1. The van der Waals surface area contributed by atoms with Crippen LogP contribution in [0.25, 0.3) is 11.0 Å². The zero-order valence-electron chi connectivity index (χ0n) is 13.7. The molecule has 0 bridgehead atoms. The number of hydrogen-bond donors (Lipinski definition) is 0. The van der Waals surface area contributed by atoms with Crippen molar-refractivity contribution in [1.29, 1.82) is 0 Å². The average molecular weight is 322 g/mol. The number of carbonyl (C=O) groups is 1. The molecule has 0 aromatic carbocycles. The van der Waals surface area contributed by atoms with E-state index in [1.54, 1.807) is 24.4 Å². The lowest BCUT2D eigenvalue weighted by Crippen LogP contribution is -2.25. The van der Waals surface area contributed by atoms with Crippen LogP contribution in [-0.4, -0.2) is 24.9 Å². The van der Waals surface area contributed by atoms with Crippen molar-refractivity contribution in [2.45, 2.75) is 26.9 Å². The molecule has 0 aliphatic rings. The fourth-order valence-electron chi connectivity index (χ4n) is 2.84. The SMILES string of the molecule is C=CCn1c(C)cc(C(=O)Cn2cnc3ncccc3c2=O)c1C. The van der Waals surface area contributed by atoms with E-state index in [4.69, 9.17) is 0 Å². The molecule has 24 heavy (non-hydrogen) atoms. The van der Waals surface area contributed by atoms with Crippen LogP contribution in [-0.2, 0) is 13.1 Å². The van der Waals surface area contributed by atoms with Crippen molar-refractivity contribution in [2.75, 3.05) is 0 Å². The summed E-state index contributed by atoms with van der Waals surface area (Å²) in [4.78, 5) is 33.3. The molecule has 0 aliphatic carbocycles. The normalized spacial score (nSPS) is 10.9. The molecule has 3 aromatic heterocycles. The third-order valence-corrected chi connectivity index (χ3v) is 4.10. The van der Waals surface area contributed by atoms with E-state index in [0.717, 1.165) is 11.4 Å². The smallest absolute Gasteiger partial charge is 0.263 e. The molecule has 0 saturated heterocycles. The van der Waals surface area contributed by atoms with Crippen LogP contribution < -0.4 is 5.56 Å². The first kappa shape index (κ1) is 15.9. The zero-order valence-corrected chi connectivity index (χ0v) is 13.7. The fraction of sp³-hybridized carbons (Fsp3) is 0.222. The number of allylic oxidation sites excluding steroid dienone is 1. The first-order valence-electron chi connectivity index (χ1n) is 7.64. The van der Waals surface area contributed by atoms with Gasteiger partial charge in [0.2, 0.25) is 0 Å². The first-order valence-corrected chi connectivity index (χ1v) is 7.64. The lowest BCUT2D eigenvalue weighted by atomic mass is 10.1. The monoisotopic (exact) mass is 322 g/mol. The summed E-state index contributed by atoms with van der Waals surface area (Å²) in [6, 6.07) is 5.19. The summed E-state index contributed by atoms with van der Waals surface area (Å²) in [5.41, 5.74) is 2.61. The number of rotatable bonds is 5. The van der Waals surface area contributed by atoms with Crippen molar-refractivity contribution in [3.8, 4) is 0 Å². The standard InChI is InChI=1S/C18H18N4O2/c1-4-8-22-12(2)9-15(13(22)3)16(23)10-21-11-20-17-14(18(21)24)6-5-7-19-17/h4-7,9,11H,1,8,10H2,2-3H3. The summed E-state index contributed by atoms with van der Waals surface area (Å²) in [7, 11) is 0. The summed E-state index contributed by atoms with van der Waals surface area (Å²) in [5, 5.41) is 0.407. The van der Waals surface area contributed by atoms with Gasteiger partial charge in [-0.2, -0.15) is 0 Å². The van der Waals surface area contributed by atoms with Gasteiger partial charge in [-0.25, -0.2) is 9.97 Å². The Morgan fingerprint density at radius 1 is 1.33 bits per heavy atom. The van der Waals surface area contributed by atoms with Crippen molar-refractivity contribution in [1.82, 2.24) is 19.1 Å². The number of aromatic nitrogens is 4. The number of pyridine rings is 1. The molecule has 0 fully saturated rings. The van der Waals surface area contributed by atoms with Crippen molar-refractivity contribution in [2.24, 2.45) is 0 Å². The Labute approximate surface area is 139 Å². The van der Waals surface area contributed by atoms with Gasteiger partial charge < -0.3 is 4.57 Å². The molecule has 0 amide bonds. The Balaban J connectivity index is 1.96. The van der Waals surface area contributed by atoms with Gasteiger partial charge in [0, 0.05) is 29.7 Å². The quantitative estimate of drug-likeness (QED) is 0.534. The van der Waals surface area contributed by atoms with E-state index in [9.17, 15) is 9.59 Å². The second-order valence-electron chi connectivity index (χ2n) is 5.66. The zero-order chi connectivity index (χ0) is 17.3. The molecule has 0 N–H and O–H groups in total. The summed E-state index contributed by atoms with van der Waals surface area (Å²) in [6.07, 6.45) is 4.75. The highest BCUT2D eigenvalue weighted by atomic mass is 16.1. The summed E-state index contributed by atoms with van der Waals surface area (Å²) in [6.45, 7) is 8.18. The maximum Gasteiger partial charge on any atom is 0.263 e. The maximum absolute atomic E-state index is 12.7. The van der Waals surface area contributed by atoms with Crippen LogP contribution in [0.5, 0.6) is 0 Å². The molecular weight excluding hydrogens is 304 g/mol. The topological polar surface area (TPSA) is 69.8 Å². The molecule has 6 nitrogen and oxygen atoms in total. The van der Waals surface area contributed by atoms with Gasteiger partial charge in [0.15, 0.2) is 11.4 Å². The molecule has 0 atom stereocenters. The van der Waals surface area contributed by atoms with Gasteiger partial charge in [-0.1, -0.05) is 6.08 Å². The van der Waals surface area contributed by atoms with E-state index in [-0.39, 0.29) is 17.9 Å². The maximum atomic E-state index is 12.7. The molecule has 0 unspecified atom stereocenters. The van der Waals surface area contributed by atoms with Gasteiger partial charge in [-0.3, -0.25) is 14.2 Å². The number of fused-ring (bicyclic) bond motifs is 1. The van der Waals surface area contributed by atoms with Gasteiger partial charge in [0.25, 0.3) is 5.56 Å². The minimum absolute atomic E-state index is 0.0466. The van der Waals surface area contributed by atoms with Gasteiger partial charge in [0.05, 0.1) is 11.9 Å². The third-order valence-electron chi connectivity index (χ3n) is 4.10. The molecule has 0 aliphatic heterocycles. The van der Waals surface area contributed by atoms with Crippen LogP contribution in [0, 0.1) is 13.8 Å². The van der Waals surface area contributed by atoms with Crippen LogP contribution in [0.1, 0.15) is 21.7 Å². The molecule has 3 aromatic rings. The summed E-state index contributed by atoms with van der Waals surface area (Å²) < 4.78 is 3.34. The van der Waals surface area contributed by atoms with Crippen molar-refractivity contribution < 1.29 is 4.79 Å². The van der Waals surface area contributed by atoms with Gasteiger partial charge in [-0.05, 0) is 32.0 Å². The highest BCUT2D eigenvalue weighted by molar-refractivity contribution is 5.97. The Hall–Kier alpha value is -3.02. The summed E-state index contributed by atoms with van der Waals surface area (Å²) >= 11 is 0. The van der Waals surface area contributed by atoms with Gasteiger partial charge in [0.1, 0.15) is 6.33 Å². The van der Waals surface area contributed by atoms with Gasteiger partial charge >= 0.3 is 0 Å². The molecule has 0 radical (unpaired) electrons. The minimum atomic E-state index is -0.263. The summed E-state index contributed by atoms with van der Waals surface area (Å²) in [5.74, 6) is -0.120. The van der Waals surface area contributed by atoms with E-state index >= 15 is 0 Å². The number of aryl methyl sites for hydroxylation is 1. The lowest BCUT2D eigenvalue weighted by Gasteiger charge is -2.07. The van der Waals surface area contributed by atoms with Crippen LogP contribution >= 0.6 is 0 Å². The second kappa shape index (κ2) is 6.23. The fourth-order valence-corrected chi connectivity index (χ4v) is 2.84. The van der Waals surface area contributed by atoms with E-state index in [1.165, 1.54) is 10.9 Å². The highest BCUT2D eigenvalue weighted by Gasteiger charge is 2.16. The Bertz CT molecular complexity index is 998. The molecular formula is C18H18N4O2. The Morgan fingerprint density at radius 2 is 2.12 bits per heavy atom. The van der Waals surface area contributed by atoms with Crippen molar-refractivity contribution in [3.63, 3.8) is 0 Å². The van der Waals surface area contributed by atoms with E-state index in [1.807, 2.05) is 24.5 Å². The highest BCUT2D eigenvalue weighted by Crippen LogP contribution is 2.16. The molecule has 6 heteroatoms. The van der Waals surface area contributed by atoms with Crippen molar-refractivity contribution >= 4 is 16.8 Å². The third kappa shape index (κ3) is 2.67. The van der Waals surface area contributed by atoms with E-state index in [2.05, 4.69) is 16.5 Å². The lowest BCUT2D eigenvalue weighted by molar-refractivity contribution is 0.0970. The van der Waals surface area contributed by atoms with Gasteiger partial charge in [-0.15, -0.1) is 6.58 Å². The van der Waals surface area contributed by atoms with Crippen LogP contribution in [0.4, 0.5) is 0 Å². The number of nitrogens with zero attached hydrogens (tertiary/aromatic N) is 4. The molecule has 3 heterocycles. The molecule has 0 spiro atoms. The minimum Gasteiger partial charge on any atom is -0.345 e. The average Bonchev–Trinajstić information content (AvgIpc) is 2.86. The van der Waals surface area contributed by atoms with Crippen LogP contribution in [0.3, 0.4) is 0 Å². The Morgan fingerprint density at radius 3 is 2.88 bits per heavy atom. The molecule has 3 rings (SSSR count). The van der Waals surface area contributed by atoms with E-state index < -0.39 is 0 Å².